The molecule has 1 saturated carbocycles. The number of fused-ring (bicyclic) bond motifs is 3. The van der Waals surface area contributed by atoms with Gasteiger partial charge < -0.3 is 9.40 Å². The van der Waals surface area contributed by atoms with Crippen LogP contribution in [0.5, 0.6) is 0 Å². The molecule has 1 aliphatic carbocycles. The third-order valence-corrected chi connectivity index (χ3v) is 8.96. The minimum absolute atomic E-state index is 0.0334. The minimum atomic E-state index is -0.480. The van der Waals surface area contributed by atoms with E-state index in [1.54, 1.807) is 24.3 Å². The lowest BCUT2D eigenvalue weighted by atomic mass is 9.92. The van der Waals surface area contributed by atoms with E-state index >= 15 is 0 Å². The maximum Gasteiger partial charge on any atom is 0.365 e. The second-order valence-electron chi connectivity index (χ2n) is 10.6. The Balaban J connectivity index is 1.38. The average Bonchev–Trinajstić information content (AvgIpc) is 3.79. The summed E-state index contributed by atoms with van der Waals surface area (Å²) < 4.78 is 2.27. The summed E-state index contributed by atoms with van der Waals surface area (Å²) in [5.41, 5.74) is 5.71. The zero-order valence-electron chi connectivity index (χ0n) is 23.1. The number of nitrogens with zero attached hydrogens (tertiary/aromatic N) is 2. The lowest BCUT2D eigenvalue weighted by molar-refractivity contribution is 0.0515. The number of carbonyl (C=O) groups is 2. The smallest absolute Gasteiger partial charge is 0.341 e. The Morgan fingerprint density at radius 1 is 0.902 bits per heavy atom. The lowest BCUT2D eigenvalue weighted by Gasteiger charge is -2.14. The molecular weight excluding hydrogens is 528 g/mol. The molecule has 0 aliphatic heterocycles. The van der Waals surface area contributed by atoms with Gasteiger partial charge in [-0.3, -0.25) is 4.79 Å². The fourth-order valence-electron chi connectivity index (χ4n) is 5.92. The number of rotatable bonds is 9. The van der Waals surface area contributed by atoms with Crippen LogP contribution in [-0.4, -0.2) is 22.0 Å². The van der Waals surface area contributed by atoms with E-state index in [1.807, 2.05) is 41.8 Å². The molecule has 6 heteroatoms. The molecule has 1 aliphatic rings. The van der Waals surface area contributed by atoms with Crippen molar-refractivity contribution < 1.29 is 14.4 Å². The predicted octanol–water partition coefficient (Wildman–Crippen LogP) is 8.91. The van der Waals surface area contributed by atoms with Gasteiger partial charge in [0.05, 0.1) is 16.2 Å². The third kappa shape index (κ3) is 5.40. The Morgan fingerprint density at radius 3 is 2.24 bits per heavy atom. The molecule has 0 spiro atoms. The van der Waals surface area contributed by atoms with E-state index in [0.717, 1.165) is 63.6 Å². The van der Waals surface area contributed by atoms with Gasteiger partial charge in [0.25, 0.3) is 0 Å². The molecule has 1 fully saturated rings. The number of aromatic nitrogens is 1. The average molecular weight is 561 g/mol. The highest BCUT2D eigenvalue weighted by atomic mass is 32.1. The highest BCUT2D eigenvalue weighted by Gasteiger charge is 2.22. The number of carbonyl (C=O) groups excluding carboxylic acids is 2. The topological polar surface area (TPSA) is 60.7 Å². The Hall–Kier alpha value is -4.29. The number of oxime groups is 1. The number of aryl methyl sites for hydroxylation is 1. The van der Waals surface area contributed by atoms with Crippen molar-refractivity contribution in [3.05, 3.63) is 112 Å². The molecule has 3 aromatic carbocycles. The zero-order valence-corrected chi connectivity index (χ0v) is 24.0. The van der Waals surface area contributed by atoms with E-state index in [-0.39, 0.29) is 5.78 Å². The zero-order chi connectivity index (χ0) is 28.3. The first-order valence-corrected chi connectivity index (χ1v) is 15.1. The molecule has 6 rings (SSSR count). The third-order valence-electron chi connectivity index (χ3n) is 8.09. The minimum Gasteiger partial charge on any atom is -0.341 e. The summed E-state index contributed by atoms with van der Waals surface area (Å²) in [4.78, 5) is 32.0. The molecule has 0 radical (unpaired) electrons. The van der Waals surface area contributed by atoms with Gasteiger partial charge in [0.1, 0.15) is 0 Å². The fraction of sp³-hybridized carbons (Fsp3) is 0.229. The summed E-state index contributed by atoms with van der Waals surface area (Å²) in [5.74, 6) is 0.0512. The van der Waals surface area contributed by atoms with Crippen LogP contribution in [0.3, 0.4) is 0 Å². The van der Waals surface area contributed by atoms with Gasteiger partial charge in [-0.1, -0.05) is 67.7 Å². The Morgan fingerprint density at radius 2 is 1.59 bits per heavy atom. The largest absolute Gasteiger partial charge is 0.365 e. The van der Waals surface area contributed by atoms with Crippen LogP contribution in [0.15, 0.2) is 96.0 Å². The summed E-state index contributed by atoms with van der Waals surface area (Å²) >= 11 is 1.46. The van der Waals surface area contributed by atoms with E-state index in [2.05, 4.69) is 41.4 Å². The van der Waals surface area contributed by atoms with Crippen LogP contribution >= 0.6 is 11.3 Å². The molecule has 41 heavy (non-hydrogen) atoms. The maximum atomic E-state index is 13.2. The van der Waals surface area contributed by atoms with Crippen molar-refractivity contribution in [2.45, 2.75) is 45.6 Å². The Bertz CT molecular complexity index is 1770. The SMILES string of the molecule is C=C(/C(CC1CCCC1)=N/OC(=O)c1ccccc1)c1ccc2c(c1)c1cc(C(=O)c3cccs3)ccc1n2CC. The summed E-state index contributed by atoms with van der Waals surface area (Å²) in [6, 6.07) is 25.0. The van der Waals surface area contributed by atoms with Crippen molar-refractivity contribution in [1.82, 2.24) is 4.57 Å². The van der Waals surface area contributed by atoms with Crippen molar-refractivity contribution in [3.63, 3.8) is 0 Å². The van der Waals surface area contributed by atoms with Crippen molar-refractivity contribution >= 4 is 56.2 Å². The van der Waals surface area contributed by atoms with Gasteiger partial charge in [-0.2, -0.15) is 0 Å². The highest BCUT2D eigenvalue weighted by molar-refractivity contribution is 7.12. The molecule has 2 aromatic heterocycles. The lowest BCUT2D eigenvalue weighted by Crippen LogP contribution is -2.10. The van der Waals surface area contributed by atoms with Gasteiger partial charge in [0.15, 0.2) is 0 Å². The van der Waals surface area contributed by atoms with Gasteiger partial charge >= 0.3 is 5.97 Å². The summed E-state index contributed by atoms with van der Waals surface area (Å²) in [5, 5.41) is 8.40. The number of ketones is 1. The summed E-state index contributed by atoms with van der Waals surface area (Å²) in [6.07, 6.45) is 5.42. The van der Waals surface area contributed by atoms with Gasteiger partial charge in [-0.25, -0.2) is 4.79 Å². The Kier molecular flexibility index (Phi) is 7.66. The summed E-state index contributed by atoms with van der Waals surface area (Å²) in [7, 11) is 0. The predicted molar refractivity (Wildman–Crippen MR) is 168 cm³/mol. The van der Waals surface area contributed by atoms with Gasteiger partial charge in [0.2, 0.25) is 5.78 Å². The van der Waals surface area contributed by atoms with Crippen LogP contribution in [0.1, 0.15) is 70.2 Å². The van der Waals surface area contributed by atoms with Crippen molar-refractivity contribution in [2.75, 3.05) is 0 Å². The van der Waals surface area contributed by atoms with Crippen molar-refractivity contribution in [3.8, 4) is 0 Å². The Labute approximate surface area is 243 Å². The van der Waals surface area contributed by atoms with Gasteiger partial charge in [-0.15, -0.1) is 11.3 Å². The molecule has 2 heterocycles. The van der Waals surface area contributed by atoms with E-state index < -0.39 is 5.97 Å². The molecule has 206 valence electrons. The first-order valence-electron chi connectivity index (χ1n) is 14.2. The first-order chi connectivity index (χ1) is 20.0. The molecule has 0 saturated heterocycles. The number of benzene rings is 3. The second-order valence-corrected chi connectivity index (χ2v) is 11.6. The number of allylic oxidation sites excluding steroid dienone is 1. The van der Waals surface area contributed by atoms with Crippen LogP contribution in [0.2, 0.25) is 0 Å². The van der Waals surface area contributed by atoms with Gasteiger partial charge in [-0.05, 0) is 84.3 Å². The molecule has 0 unspecified atom stereocenters. The molecule has 0 bridgehead atoms. The van der Waals surface area contributed by atoms with Gasteiger partial charge in [0, 0.05) is 33.9 Å². The molecule has 0 N–H and O–H groups in total. The second kappa shape index (κ2) is 11.7. The molecule has 0 atom stereocenters. The molecule has 0 amide bonds. The van der Waals surface area contributed by atoms with Crippen LogP contribution in [0.4, 0.5) is 0 Å². The molecular formula is C35H32N2O3S. The summed E-state index contributed by atoms with van der Waals surface area (Å²) in [6.45, 7) is 7.37. The fourth-order valence-corrected chi connectivity index (χ4v) is 6.60. The maximum absolute atomic E-state index is 13.2. The van der Waals surface area contributed by atoms with Crippen LogP contribution in [0, 0.1) is 5.92 Å². The number of thiophene rings is 1. The number of hydrogen-bond donors (Lipinski definition) is 0. The quantitative estimate of drug-likeness (QED) is 0.0783. The van der Waals surface area contributed by atoms with Crippen LogP contribution in [-0.2, 0) is 11.4 Å². The van der Waals surface area contributed by atoms with E-state index in [4.69, 9.17) is 4.84 Å². The monoisotopic (exact) mass is 560 g/mol. The van der Waals surface area contributed by atoms with E-state index in [1.165, 1.54) is 24.2 Å². The standard InChI is InChI=1S/C35H32N2O3S/c1-3-37-31-17-15-26(21-28(31)29-22-27(16-18-32(29)37)34(38)33-14-9-19-41-33)23(2)30(20-24-10-7-8-11-24)36-40-35(39)25-12-5-4-6-13-25/h4-6,9,12-19,21-22,24H,2-3,7-8,10-11,20H2,1H3/b36-30+. The van der Waals surface area contributed by atoms with Crippen LogP contribution < -0.4 is 0 Å². The first kappa shape index (κ1) is 26.9. The van der Waals surface area contributed by atoms with Crippen LogP contribution in [0.25, 0.3) is 27.4 Å². The molecule has 5 nitrogen and oxygen atoms in total. The molecule has 5 aromatic rings. The number of hydrogen-bond acceptors (Lipinski definition) is 5. The van der Waals surface area contributed by atoms with E-state index in [9.17, 15) is 9.59 Å². The van der Waals surface area contributed by atoms with Crippen molar-refractivity contribution in [1.29, 1.82) is 0 Å². The van der Waals surface area contributed by atoms with Crippen molar-refractivity contribution in [2.24, 2.45) is 11.1 Å². The normalized spacial score (nSPS) is 14.1. The van der Waals surface area contributed by atoms with E-state index in [0.29, 0.717) is 22.8 Å². The highest BCUT2D eigenvalue weighted by Crippen LogP contribution is 2.35.